The Hall–Kier alpha value is -2.90. The number of nitrogens with one attached hydrogen (secondary N) is 2. The summed E-state index contributed by atoms with van der Waals surface area (Å²) in [6, 6.07) is 16.0. The second-order valence-electron chi connectivity index (χ2n) is 7.90. The quantitative estimate of drug-likeness (QED) is 0.354. The summed E-state index contributed by atoms with van der Waals surface area (Å²) < 4.78 is 5.75. The van der Waals surface area contributed by atoms with Crippen molar-refractivity contribution in [2.75, 3.05) is 6.61 Å². The average Bonchev–Trinajstić information content (AvgIpc) is 3.52. The van der Waals surface area contributed by atoms with Crippen molar-refractivity contribution in [3.8, 4) is 11.5 Å². The van der Waals surface area contributed by atoms with E-state index in [1.54, 1.807) is 36.7 Å². The fraction of sp³-hybridized carbons (Fsp3) is 0.391. The van der Waals surface area contributed by atoms with Crippen molar-refractivity contribution >= 4 is 11.8 Å². The minimum absolute atomic E-state index is 0.140. The van der Waals surface area contributed by atoms with Crippen molar-refractivity contribution in [2.24, 2.45) is 17.8 Å². The van der Waals surface area contributed by atoms with Crippen LogP contribution in [0.5, 0.6) is 11.5 Å². The molecule has 0 aliphatic heterocycles. The zero-order valence-corrected chi connectivity index (χ0v) is 17.0. The highest BCUT2D eigenvalue weighted by Gasteiger charge is 2.38. The zero-order chi connectivity index (χ0) is 21.5. The molecule has 4 atom stereocenters. The Morgan fingerprint density at radius 3 is 2.33 bits per heavy atom. The van der Waals surface area contributed by atoms with Gasteiger partial charge in [-0.05, 0) is 67.5 Å². The summed E-state index contributed by atoms with van der Waals surface area (Å²) in [6.07, 6.45) is 2.02. The Morgan fingerprint density at radius 1 is 1.07 bits per heavy atom. The van der Waals surface area contributed by atoms with E-state index < -0.39 is 11.8 Å². The number of para-hydroxylation sites is 1. The third kappa shape index (κ3) is 6.05. The molecule has 0 saturated heterocycles. The molecule has 0 radical (unpaired) electrons. The number of amides is 2. The van der Waals surface area contributed by atoms with Crippen LogP contribution in [0.1, 0.15) is 36.5 Å². The first-order chi connectivity index (χ1) is 14.5. The van der Waals surface area contributed by atoms with E-state index in [-0.39, 0.29) is 24.5 Å². The fourth-order valence-corrected chi connectivity index (χ4v) is 3.61. The van der Waals surface area contributed by atoms with Crippen molar-refractivity contribution in [2.45, 2.75) is 32.2 Å². The lowest BCUT2D eigenvalue weighted by atomic mass is 9.96. The number of hydroxylamine groups is 1. The molecule has 2 aromatic rings. The highest BCUT2D eigenvalue weighted by Crippen LogP contribution is 2.42. The molecule has 1 aliphatic carbocycles. The van der Waals surface area contributed by atoms with Gasteiger partial charge in [-0.3, -0.25) is 14.8 Å². The minimum Gasteiger partial charge on any atom is -0.457 e. The van der Waals surface area contributed by atoms with Gasteiger partial charge in [0.15, 0.2) is 0 Å². The summed E-state index contributed by atoms with van der Waals surface area (Å²) in [4.78, 5) is 24.4. The van der Waals surface area contributed by atoms with Crippen LogP contribution in [0.2, 0.25) is 0 Å². The van der Waals surface area contributed by atoms with E-state index >= 15 is 0 Å². The minimum atomic E-state index is -0.480. The first kappa shape index (κ1) is 21.8. The lowest BCUT2D eigenvalue weighted by Crippen LogP contribution is -2.39. The first-order valence-corrected chi connectivity index (χ1v) is 10.2. The number of aliphatic hydroxyl groups is 1. The normalized spacial score (nSPS) is 19.4. The van der Waals surface area contributed by atoms with Gasteiger partial charge in [-0.1, -0.05) is 25.1 Å². The van der Waals surface area contributed by atoms with E-state index in [1.165, 1.54) is 0 Å². The lowest BCUT2D eigenvalue weighted by Gasteiger charge is -2.22. The third-order valence-corrected chi connectivity index (χ3v) is 5.52. The fourth-order valence-electron chi connectivity index (χ4n) is 3.61. The van der Waals surface area contributed by atoms with Crippen LogP contribution in [-0.4, -0.2) is 34.8 Å². The standard InChI is InChI=1S/C23H28N2O5/c1-15(22(27)25-29)11-19(13-17-12-18(17)14-26)24-23(28)16-7-9-21(10-8-16)30-20-5-3-2-4-6-20/h2-10,15,17-19,26,29H,11-14H2,1H3,(H,24,28)(H,25,27)/t15?,17?,18-,19?/m0/s1. The van der Waals surface area contributed by atoms with Crippen LogP contribution < -0.4 is 15.5 Å². The summed E-state index contributed by atoms with van der Waals surface area (Å²) in [5.74, 6) is 0.788. The largest absolute Gasteiger partial charge is 0.457 e. The number of rotatable bonds is 10. The summed E-state index contributed by atoms with van der Waals surface area (Å²) in [5, 5.41) is 21.2. The molecule has 1 saturated carbocycles. The maximum absolute atomic E-state index is 12.7. The number of benzene rings is 2. The maximum Gasteiger partial charge on any atom is 0.251 e. The van der Waals surface area contributed by atoms with E-state index in [4.69, 9.17) is 9.94 Å². The first-order valence-electron chi connectivity index (χ1n) is 10.2. The van der Waals surface area contributed by atoms with E-state index in [0.717, 1.165) is 6.42 Å². The van der Waals surface area contributed by atoms with E-state index in [1.807, 2.05) is 30.3 Å². The van der Waals surface area contributed by atoms with Crippen molar-refractivity contribution in [3.63, 3.8) is 0 Å². The van der Waals surface area contributed by atoms with Crippen LogP contribution in [0, 0.1) is 17.8 Å². The molecule has 7 heteroatoms. The molecule has 0 bridgehead atoms. The molecule has 4 N–H and O–H groups in total. The number of hydrogen-bond donors (Lipinski definition) is 4. The second-order valence-corrected chi connectivity index (χ2v) is 7.90. The van der Waals surface area contributed by atoms with Crippen molar-refractivity contribution < 1.29 is 24.6 Å². The molecule has 0 aromatic heterocycles. The Balaban J connectivity index is 1.61. The molecule has 30 heavy (non-hydrogen) atoms. The highest BCUT2D eigenvalue weighted by atomic mass is 16.5. The predicted octanol–water partition coefficient (Wildman–Crippen LogP) is 3.13. The number of carbonyl (C=O) groups is 2. The second kappa shape index (κ2) is 10.2. The summed E-state index contributed by atoms with van der Waals surface area (Å²) in [5.41, 5.74) is 2.16. The molecule has 7 nitrogen and oxygen atoms in total. The molecule has 2 amide bonds. The maximum atomic E-state index is 12.7. The van der Waals surface area contributed by atoms with Gasteiger partial charge < -0.3 is 15.2 Å². The van der Waals surface area contributed by atoms with Crippen LogP contribution in [-0.2, 0) is 4.79 Å². The lowest BCUT2D eigenvalue weighted by molar-refractivity contribution is -0.133. The van der Waals surface area contributed by atoms with E-state index in [9.17, 15) is 14.7 Å². The molecular formula is C23H28N2O5. The van der Waals surface area contributed by atoms with Crippen molar-refractivity contribution in [3.05, 3.63) is 60.2 Å². The van der Waals surface area contributed by atoms with E-state index in [0.29, 0.717) is 35.8 Å². The Labute approximate surface area is 176 Å². The molecule has 3 rings (SSSR count). The van der Waals surface area contributed by atoms with Crippen LogP contribution in [0.15, 0.2) is 54.6 Å². The average molecular weight is 412 g/mol. The Kier molecular flexibility index (Phi) is 7.43. The van der Waals surface area contributed by atoms with Crippen molar-refractivity contribution in [1.29, 1.82) is 0 Å². The highest BCUT2D eigenvalue weighted by molar-refractivity contribution is 5.94. The predicted molar refractivity (Wildman–Crippen MR) is 111 cm³/mol. The number of hydrogen-bond acceptors (Lipinski definition) is 5. The van der Waals surface area contributed by atoms with Gasteiger partial charge in [-0.2, -0.15) is 0 Å². The summed E-state index contributed by atoms with van der Waals surface area (Å²) in [7, 11) is 0. The monoisotopic (exact) mass is 412 g/mol. The van der Waals surface area contributed by atoms with Gasteiger partial charge in [0.25, 0.3) is 5.91 Å². The van der Waals surface area contributed by atoms with Crippen molar-refractivity contribution in [1.82, 2.24) is 10.8 Å². The number of ether oxygens (including phenoxy) is 1. The number of aliphatic hydroxyl groups excluding tert-OH is 1. The van der Waals surface area contributed by atoms with Crippen LogP contribution in [0.4, 0.5) is 0 Å². The SMILES string of the molecule is CC(CC(CC1C[C@H]1CO)NC(=O)c1ccc(Oc2ccccc2)cc1)C(=O)NO. The zero-order valence-electron chi connectivity index (χ0n) is 17.0. The van der Waals surface area contributed by atoms with Gasteiger partial charge in [-0.15, -0.1) is 0 Å². The van der Waals surface area contributed by atoms with Crippen LogP contribution >= 0.6 is 0 Å². The topological polar surface area (TPSA) is 108 Å². The van der Waals surface area contributed by atoms with Gasteiger partial charge in [-0.25, -0.2) is 5.48 Å². The Morgan fingerprint density at radius 2 is 1.73 bits per heavy atom. The molecular weight excluding hydrogens is 384 g/mol. The van der Waals surface area contributed by atoms with Gasteiger partial charge in [0.2, 0.25) is 5.91 Å². The van der Waals surface area contributed by atoms with Gasteiger partial charge in [0.05, 0.1) is 0 Å². The van der Waals surface area contributed by atoms with Crippen LogP contribution in [0.3, 0.4) is 0 Å². The molecule has 0 heterocycles. The molecule has 2 aromatic carbocycles. The molecule has 1 fully saturated rings. The summed E-state index contributed by atoms with van der Waals surface area (Å²) >= 11 is 0. The third-order valence-electron chi connectivity index (χ3n) is 5.52. The summed E-state index contributed by atoms with van der Waals surface area (Å²) in [6.45, 7) is 1.84. The molecule has 160 valence electrons. The van der Waals surface area contributed by atoms with Gasteiger partial charge in [0, 0.05) is 24.1 Å². The smallest absolute Gasteiger partial charge is 0.251 e. The van der Waals surface area contributed by atoms with E-state index in [2.05, 4.69) is 5.32 Å². The van der Waals surface area contributed by atoms with Gasteiger partial charge >= 0.3 is 0 Å². The van der Waals surface area contributed by atoms with Gasteiger partial charge in [0.1, 0.15) is 11.5 Å². The number of carbonyl (C=O) groups excluding carboxylic acids is 2. The molecule has 0 spiro atoms. The molecule has 1 aliphatic rings. The van der Waals surface area contributed by atoms with Crippen LogP contribution in [0.25, 0.3) is 0 Å². The molecule has 3 unspecified atom stereocenters. The Bertz CT molecular complexity index is 840.